The van der Waals surface area contributed by atoms with Crippen LogP contribution in [-0.4, -0.2) is 40.1 Å². The monoisotopic (exact) mass is 340 g/mol. The van der Waals surface area contributed by atoms with Crippen molar-refractivity contribution in [2.75, 3.05) is 38.0 Å². The number of rotatable bonds is 5. The number of urea groups is 1. The highest BCUT2D eigenvalue weighted by Crippen LogP contribution is 2.18. The van der Waals surface area contributed by atoms with Crippen LogP contribution >= 0.6 is 0 Å². The summed E-state index contributed by atoms with van der Waals surface area (Å²) < 4.78 is 0. The summed E-state index contributed by atoms with van der Waals surface area (Å²) in [7, 11) is 7.27. The van der Waals surface area contributed by atoms with Crippen LogP contribution in [0, 0.1) is 0 Å². The van der Waals surface area contributed by atoms with Crippen LogP contribution in [0.25, 0.3) is 0 Å². The molecule has 0 aliphatic rings. The molecule has 0 saturated heterocycles. The molecule has 0 aromatic heterocycles. The van der Waals surface area contributed by atoms with Gasteiger partial charge < -0.3 is 15.5 Å². The first-order chi connectivity index (χ1) is 11.9. The fraction of sp³-hybridized carbons (Fsp3) is 0.263. The number of hydrogen-bond acceptors (Lipinski definition) is 3. The van der Waals surface area contributed by atoms with Gasteiger partial charge in [-0.2, -0.15) is 0 Å². The molecule has 0 aliphatic heterocycles. The highest BCUT2D eigenvalue weighted by atomic mass is 16.2. The lowest BCUT2D eigenvalue weighted by Crippen LogP contribution is -2.36. The summed E-state index contributed by atoms with van der Waals surface area (Å²) in [5, 5.41) is 5.45. The maximum absolute atomic E-state index is 12.3. The van der Waals surface area contributed by atoms with Gasteiger partial charge in [0.15, 0.2) is 0 Å². The van der Waals surface area contributed by atoms with Crippen LogP contribution in [0.15, 0.2) is 48.5 Å². The number of carbonyl (C=O) groups excluding carboxylic acids is 2. The van der Waals surface area contributed by atoms with E-state index in [0.29, 0.717) is 12.1 Å². The molecule has 2 N–H and O–H groups in total. The highest BCUT2D eigenvalue weighted by molar-refractivity contribution is 5.94. The van der Waals surface area contributed by atoms with Crippen LogP contribution < -0.4 is 20.4 Å². The molecule has 6 nitrogen and oxygen atoms in total. The summed E-state index contributed by atoms with van der Waals surface area (Å²) in [4.78, 5) is 27.4. The third-order valence-electron chi connectivity index (χ3n) is 3.94. The van der Waals surface area contributed by atoms with E-state index in [2.05, 4.69) is 10.6 Å². The molecule has 132 valence electrons. The molecule has 3 amide bonds. The van der Waals surface area contributed by atoms with E-state index in [1.165, 1.54) is 0 Å². The number of carbonyl (C=O) groups is 2. The second kappa shape index (κ2) is 8.19. The van der Waals surface area contributed by atoms with Crippen molar-refractivity contribution in [1.82, 2.24) is 10.6 Å². The summed E-state index contributed by atoms with van der Waals surface area (Å²) >= 11 is 0. The van der Waals surface area contributed by atoms with Gasteiger partial charge in [0.1, 0.15) is 0 Å². The van der Waals surface area contributed by atoms with Gasteiger partial charge in [-0.1, -0.05) is 12.1 Å². The Hall–Kier alpha value is -3.02. The number of nitrogens with zero attached hydrogens (tertiary/aromatic N) is 2. The predicted octanol–water partition coefficient (Wildman–Crippen LogP) is 2.46. The van der Waals surface area contributed by atoms with Gasteiger partial charge in [-0.25, -0.2) is 4.79 Å². The van der Waals surface area contributed by atoms with E-state index in [1.807, 2.05) is 55.4 Å². The summed E-state index contributed by atoms with van der Waals surface area (Å²) in [6.07, 6.45) is 0. The number of benzene rings is 2. The fourth-order valence-corrected chi connectivity index (χ4v) is 2.31. The Morgan fingerprint density at radius 3 is 1.96 bits per heavy atom. The molecule has 0 heterocycles. The van der Waals surface area contributed by atoms with Crippen LogP contribution in [0.3, 0.4) is 0 Å². The lowest BCUT2D eigenvalue weighted by atomic mass is 10.1. The van der Waals surface area contributed by atoms with Gasteiger partial charge in [-0.3, -0.25) is 9.69 Å². The molecule has 6 heteroatoms. The second-order valence-electron chi connectivity index (χ2n) is 5.90. The van der Waals surface area contributed by atoms with Crippen molar-refractivity contribution in [1.29, 1.82) is 0 Å². The standard InChI is InChI=1S/C19H24N4O2/c1-20-18(24)15-7-5-14(6-8-15)13-21-19(25)23(4)17-11-9-16(10-12-17)22(2)3/h5-12H,13H2,1-4H3,(H,20,24)(H,21,25). The third kappa shape index (κ3) is 4.73. The van der Waals surface area contributed by atoms with Crippen LogP contribution in [0.2, 0.25) is 0 Å². The van der Waals surface area contributed by atoms with Crippen LogP contribution in [0.5, 0.6) is 0 Å². The van der Waals surface area contributed by atoms with Gasteiger partial charge in [-0.05, 0) is 42.0 Å². The summed E-state index contributed by atoms with van der Waals surface area (Å²) in [5.41, 5.74) is 3.42. The largest absolute Gasteiger partial charge is 0.378 e. The Labute approximate surface area is 148 Å². The SMILES string of the molecule is CNC(=O)c1ccc(CNC(=O)N(C)c2ccc(N(C)C)cc2)cc1. The Bertz CT molecular complexity index is 724. The van der Waals surface area contributed by atoms with Crippen molar-refractivity contribution in [2.45, 2.75) is 6.54 Å². The average Bonchev–Trinajstić information content (AvgIpc) is 2.65. The second-order valence-corrected chi connectivity index (χ2v) is 5.90. The van der Waals surface area contributed by atoms with Gasteiger partial charge in [-0.15, -0.1) is 0 Å². The average molecular weight is 340 g/mol. The number of nitrogens with one attached hydrogen (secondary N) is 2. The Morgan fingerprint density at radius 2 is 1.44 bits per heavy atom. The molecule has 2 rings (SSSR count). The highest BCUT2D eigenvalue weighted by Gasteiger charge is 2.11. The topological polar surface area (TPSA) is 64.7 Å². The first-order valence-corrected chi connectivity index (χ1v) is 8.02. The minimum atomic E-state index is -0.187. The number of anilines is 2. The molecule has 0 aliphatic carbocycles. The predicted molar refractivity (Wildman–Crippen MR) is 101 cm³/mol. The molecule has 0 atom stereocenters. The van der Waals surface area contributed by atoms with Crippen LogP contribution in [0.1, 0.15) is 15.9 Å². The summed E-state index contributed by atoms with van der Waals surface area (Å²) in [6, 6.07) is 14.7. The fourth-order valence-electron chi connectivity index (χ4n) is 2.31. The Kier molecular flexibility index (Phi) is 6.00. The number of hydrogen-bond donors (Lipinski definition) is 2. The van der Waals surface area contributed by atoms with Crippen LogP contribution in [-0.2, 0) is 6.54 Å². The molecular weight excluding hydrogens is 316 g/mol. The Morgan fingerprint density at radius 1 is 0.880 bits per heavy atom. The Balaban J connectivity index is 1.93. The molecular formula is C19H24N4O2. The maximum Gasteiger partial charge on any atom is 0.321 e. The quantitative estimate of drug-likeness (QED) is 0.879. The van der Waals surface area contributed by atoms with E-state index >= 15 is 0 Å². The van der Waals surface area contributed by atoms with Crippen molar-refractivity contribution >= 4 is 23.3 Å². The lowest BCUT2D eigenvalue weighted by molar-refractivity contribution is 0.0963. The molecule has 0 fully saturated rings. The van der Waals surface area contributed by atoms with Crippen LogP contribution in [0.4, 0.5) is 16.2 Å². The van der Waals surface area contributed by atoms with Gasteiger partial charge in [0.25, 0.3) is 5.91 Å². The van der Waals surface area contributed by atoms with Crippen molar-refractivity contribution in [3.63, 3.8) is 0 Å². The van der Waals surface area contributed by atoms with E-state index < -0.39 is 0 Å². The molecule has 0 spiro atoms. The van der Waals surface area contributed by atoms with Gasteiger partial charge >= 0.3 is 6.03 Å². The van der Waals surface area contributed by atoms with Crippen molar-refractivity contribution < 1.29 is 9.59 Å². The normalized spacial score (nSPS) is 10.1. The molecule has 0 radical (unpaired) electrons. The first-order valence-electron chi connectivity index (χ1n) is 8.02. The zero-order valence-corrected chi connectivity index (χ0v) is 15.0. The molecule has 0 saturated carbocycles. The van der Waals surface area contributed by atoms with Crippen molar-refractivity contribution in [3.8, 4) is 0 Å². The van der Waals surface area contributed by atoms with E-state index in [4.69, 9.17) is 0 Å². The summed E-state index contributed by atoms with van der Waals surface area (Å²) in [6.45, 7) is 0.396. The zero-order chi connectivity index (χ0) is 18.4. The minimum absolute atomic E-state index is 0.128. The third-order valence-corrected chi connectivity index (χ3v) is 3.94. The molecule has 0 unspecified atom stereocenters. The number of amides is 3. The molecule has 2 aromatic rings. The molecule has 0 bridgehead atoms. The maximum atomic E-state index is 12.3. The molecule has 2 aromatic carbocycles. The summed E-state index contributed by atoms with van der Waals surface area (Å²) in [5.74, 6) is -0.128. The van der Waals surface area contributed by atoms with E-state index in [0.717, 1.165) is 16.9 Å². The zero-order valence-electron chi connectivity index (χ0n) is 15.0. The van der Waals surface area contributed by atoms with Gasteiger partial charge in [0.05, 0.1) is 0 Å². The van der Waals surface area contributed by atoms with Gasteiger partial charge in [0.2, 0.25) is 0 Å². The van der Waals surface area contributed by atoms with Gasteiger partial charge in [0, 0.05) is 51.7 Å². The van der Waals surface area contributed by atoms with E-state index in [1.54, 1.807) is 31.1 Å². The lowest BCUT2D eigenvalue weighted by Gasteiger charge is -2.20. The van der Waals surface area contributed by atoms with E-state index in [9.17, 15) is 9.59 Å². The smallest absolute Gasteiger partial charge is 0.321 e. The minimum Gasteiger partial charge on any atom is -0.378 e. The molecule has 25 heavy (non-hydrogen) atoms. The first kappa shape index (κ1) is 18.3. The van der Waals surface area contributed by atoms with Crippen molar-refractivity contribution in [2.24, 2.45) is 0 Å². The van der Waals surface area contributed by atoms with E-state index in [-0.39, 0.29) is 11.9 Å². The van der Waals surface area contributed by atoms with Crippen molar-refractivity contribution in [3.05, 3.63) is 59.7 Å².